The number of esters is 1. The van der Waals surface area contributed by atoms with Gasteiger partial charge >= 0.3 is 5.97 Å². The quantitative estimate of drug-likeness (QED) is 0.143. The minimum absolute atomic E-state index is 0.000367. The van der Waals surface area contributed by atoms with Gasteiger partial charge in [-0.05, 0) is 38.8 Å². The second-order valence-electron chi connectivity index (χ2n) is 8.38. The van der Waals surface area contributed by atoms with Crippen molar-refractivity contribution in [3.05, 3.63) is 0 Å². The van der Waals surface area contributed by atoms with Crippen LogP contribution < -0.4 is 5.32 Å². The molecule has 0 saturated heterocycles. The van der Waals surface area contributed by atoms with E-state index >= 15 is 0 Å². The first kappa shape index (κ1) is 27.4. The first-order valence-electron chi connectivity index (χ1n) is 12.7. The lowest BCUT2D eigenvalue weighted by molar-refractivity contribution is -0.143. The van der Waals surface area contributed by atoms with Crippen molar-refractivity contribution < 1.29 is 9.53 Å². The highest BCUT2D eigenvalue weighted by molar-refractivity contribution is 5.69. The van der Waals surface area contributed by atoms with Gasteiger partial charge in [0.1, 0.15) is 0 Å². The van der Waals surface area contributed by atoms with Gasteiger partial charge in [-0.3, -0.25) is 4.79 Å². The van der Waals surface area contributed by atoms with E-state index in [1.54, 1.807) is 0 Å². The van der Waals surface area contributed by atoms with Gasteiger partial charge in [-0.25, -0.2) is 0 Å². The Kier molecular flexibility index (Phi) is 24.0. The van der Waals surface area contributed by atoms with E-state index in [-0.39, 0.29) is 5.97 Å². The highest BCUT2D eigenvalue weighted by Crippen LogP contribution is 2.10. The van der Waals surface area contributed by atoms with E-state index in [1.165, 1.54) is 96.3 Å². The van der Waals surface area contributed by atoms with E-state index in [0.717, 1.165) is 32.4 Å². The molecule has 0 aromatic carbocycles. The number of nitrogens with one attached hydrogen (secondary N) is 1. The van der Waals surface area contributed by atoms with Crippen LogP contribution in [-0.2, 0) is 9.53 Å². The van der Waals surface area contributed by atoms with E-state index in [0.29, 0.717) is 13.0 Å². The van der Waals surface area contributed by atoms with Gasteiger partial charge in [0.15, 0.2) is 0 Å². The third kappa shape index (κ3) is 23.5. The summed E-state index contributed by atoms with van der Waals surface area (Å²) in [6, 6.07) is 0. The molecule has 1 N–H and O–H groups in total. The maximum absolute atomic E-state index is 11.7. The van der Waals surface area contributed by atoms with Gasteiger partial charge in [-0.1, -0.05) is 104 Å². The highest BCUT2D eigenvalue weighted by Gasteiger charge is 2.02. The zero-order valence-electron chi connectivity index (χ0n) is 19.4. The van der Waals surface area contributed by atoms with Crippen LogP contribution in [0.3, 0.4) is 0 Å². The predicted octanol–water partition coefficient (Wildman–Crippen LogP) is 7.57. The normalized spacial score (nSPS) is 11.1. The molecule has 0 rings (SSSR count). The van der Waals surface area contributed by atoms with Crippen LogP contribution in [0.4, 0.5) is 0 Å². The third-order valence-electron chi connectivity index (χ3n) is 5.45. The number of carbonyl (C=O) groups is 1. The number of unbranched alkanes of at least 4 members (excludes halogenated alkanes) is 15. The van der Waals surface area contributed by atoms with E-state index < -0.39 is 0 Å². The Labute approximate surface area is 176 Å². The summed E-state index contributed by atoms with van der Waals surface area (Å²) in [6.07, 6.45) is 23.7. The molecule has 0 heterocycles. The molecule has 0 atom stereocenters. The van der Waals surface area contributed by atoms with Crippen LogP contribution in [0.5, 0.6) is 0 Å². The second kappa shape index (κ2) is 24.5. The van der Waals surface area contributed by atoms with Gasteiger partial charge in [-0.15, -0.1) is 0 Å². The molecule has 0 aliphatic rings. The topological polar surface area (TPSA) is 38.3 Å². The van der Waals surface area contributed by atoms with Crippen LogP contribution >= 0.6 is 0 Å². The van der Waals surface area contributed by atoms with Crippen molar-refractivity contribution in [1.29, 1.82) is 0 Å². The number of ether oxygens (including phenoxy) is 1. The maximum atomic E-state index is 11.7. The van der Waals surface area contributed by atoms with Crippen molar-refractivity contribution in [1.82, 2.24) is 5.32 Å². The Bertz CT molecular complexity index is 307. The van der Waals surface area contributed by atoms with Crippen molar-refractivity contribution in [3.63, 3.8) is 0 Å². The van der Waals surface area contributed by atoms with Gasteiger partial charge in [0, 0.05) is 6.42 Å². The Morgan fingerprint density at radius 2 is 1.00 bits per heavy atom. The second-order valence-corrected chi connectivity index (χ2v) is 8.38. The maximum Gasteiger partial charge on any atom is 0.305 e. The zero-order chi connectivity index (χ0) is 20.5. The minimum Gasteiger partial charge on any atom is -0.466 e. The molecule has 28 heavy (non-hydrogen) atoms. The number of hydrogen-bond donors (Lipinski definition) is 1. The fourth-order valence-corrected chi connectivity index (χ4v) is 3.52. The van der Waals surface area contributed by atoms with E-state index in [1.807, 2.05) is 0 Å². The lowest BCUT2D eigenvalue weighted by Gasteiger charge is -2.06. The molecule has 0 aromatic heterocycles. The molecule has 0 saturated carbocycles. The Morgan fingerprint density at radius 1 is 0.571 bits per heavy atom. The number of carbonyl (C=O) groups excluding carboxylic acids is 1. The van der Waals surface area contributed by atoms with Crippen LogP contribution in [0.15, 0.2) is 0 Å². The van der Waals surface area contributed by atoms with Crippen molar-refractivity contribution in [2.24, 2.45) is 0 Å². The summed E-state index contributed by atoms with van der Waals surface area (Å²) in [6.45, 7) is 7.37. The molecule has 0 radical (unpaired) electrons. The largest absolute Gasteiger partial charge is 0.466 e. The van der Waals surface area contributed by atoms with Crippen LogP contribution in [0, 0.1) is 0 Å². The molecule has 0 aliphatic carbocycles. The summed E-state index contributed by atoms with van der Waals surface area (Å²) in [4.78, 5) is 11.7. The van der Waals surface area contributed by atoms with Crippen molar-refractivity contribution in [3.8, 4) is 0 Å². The summed E-state index contributed by atoms with van der Waals surface area (Å²) < 4.78 is 5.35. The molecule has 0 aromatic rings. The van der Waals surface area contributed by atoms with Gasteiger partial charge in [0.25, 0.3) is 0 Å². The summed E-state index contributed by atoms with van der Waals surface area (Å²) in [7, 11) is 0. The molecule has 0 unspecified atom stereocenters. The van der Waals surface area contributed by atoms with Crippen molar-refractivity contribution in [2.45, 2.75) is 136 Å². The molecule has 3 nitrogen and oxygen atoms in total. The first-order valence-corrected chi connectivity index (χ1v) is 12.7. The van der Waals surface area contributed by atoms with Gasteiger partial charge in [-0.2, -0.15) is 0 Å². The lowest BCUT2D eigenvalue weighted by atomic mass is 10.1. The highest BCUT2D eigenvalue weighted by atomic mass is 16.5. The molecule has 0 fully saturated rings. The first-order chi connectivity index (χ1) is 13.8. The Balaban J connectivity index is 3.13. The van der Waals surface area contributed by atoms with Crippen LogP contribution in [-0.4, -0.2) is 25.7 Å². The Morgan fingerprint density at radius 3 is 1.54 bits per heavy atom. The molecule has 0 bridgehead atoms. The van der Waals surface area contributed by atoms with Crippen molar-refractivity contribution in [2.75, 3.05) is 19.7 Å². The standard InChI is InChI=1S/C25H51NO2/c1-3-5-7-9-11-12-13-15-20-24-28-25(27)21-17-16-19-23-26-22-18-14-10-8-6-4-2/h26H,3-24H2,1-2H3. The van der Waals surface area contributed by atoms with Gasteiger partial charge in [0.05, 0.1) is 6.61 Å². The Hall–Kier alpha value is -0.570. The molecule has 0 spiro atoms. The van der Waals surface area contributed by atoms with Crippen LogP contribution in [0.2, 0.25) is 0 Å². The molecule has 168 valence electrons. The SMILES string of the molecule is CCCCCCCCCCCOC(=O)CCCCCNCCCCCCCC. The monoisotopic (exact) mass is 397 g/mol. The average Bonchev–Trinajstić information content (AvgIpc) is 2.70. The average molecular weight is 398 g/mol. The van der Waals surface area contributed by atoms with Crippen LogP contribution in [0.1, 0.15) is 136 Å². The van der Waals surface area contributed by atoms with Gasteiger partial charge < -0.3 is 10.1 Å². The molecular formula is C25H51NO2. The minimum atomic E-state index is -0.000367. The number of rotatable bonds is 23. The van der Waals surface area contributed by atoms with Crippen LogP contribution in [0.25, 0.3) is 0 Å². The molecule has 0 aliphatic heterocycles. The van der Waals surface area contributed by atoms with E-state index in [2.05, 4.69) is 19.2 Å². The summed E-state index contributed by atoms with van der Waals surface area (Å²) in [5.74, 6) is -0.000367. The lowest BCUT2D eigenvalue weighted by Crippen LogP contribution is -2.16. The van der Waals surface area contributed by atoms with E-state index in [9.17, 15) is 4.79 Å². The molecule has 0 amide bonds. The zero-order valence-corrected chi connectivity index (χ0v) is 19.4. The summed E-state index contributed by atoms with van der Waals surface area (Å²) in [5.41, 5.74) is 0. The van der Waals surface area contributed by atoms with Crippen molar-refractivity contribution >= 4 is 5.97 Å². The number of hydrogen-bond acceptors (Lipinski definition) is 3. The fraction of sp³-hybridized carbons (Fsp3) is 0.960. The third-order valence-corrected chi connectivity index (χ3v) is 5.45. The van der Waals surface area contributed by atoms with Gasteiger partial charge in [0.2, 0.25) is 0 Å². The molecule has 3 heteroatoms. The molecular weight excluding hydrogens is 346 g/mol. The summed E-state index contributed by atoms with van der Waals surface area (Å²) >= 11 is 0. The fourth-order valence-electron chi connectivity index (χ4n) is 3.52. The smallest absolute Gasteiger partial charge is 0.305 e. The predicted molar refractivity (Wildman–Crippen MR) is 123 cm³/mol. The van der Waals surface area contributed by atoms with E-state index in [4.69, 9.17) is 4.74 Å². The summed E-state index contributed by atoms with van der Waals surface area (Å²) in [5, 5.41) is 3.52.